The molecule has 0 atom stereocenters. The Hall–Kier alpha value is -2.56. The summed E-state index contributed by atoms with van der Waals surface area (Å²) < 4.78 is 5.18. The number of aromatic nitrogens is 1. The summed E-state index contributed by atoms with van der Waals surface area (Å²) in [6, 6.07) is 15.0. The minimum atomic E-state index is -0.168. The average molecular weight is 415 g/mol. The van der Waals surface area contributed by atoms with Crippen molar-refractivity contribution in [2.75, 3.05) is 7.11 Å². The summed E-state index contributed by atoms with van der Waals surface area (Å²) >= 11 is 12.5. The van der Waals surface area contributed by atoms with Crippen LogP contribution in [0.3, 0.4) is 0 Å². The van der Waals surface area contributed by atoms with Crippen molar-refractivity contribution in [2.45, 2.75) is 20.0 Å². The zero-order chi connectivity index (χ0) is 20.1. The lowest BCUT2D eigenvalue weighted by molar-refractivity contribution is 0.0729. The number of aryl methyl sites for hydroxylation is 1. The van der Waals surface area contributed by atoms with Gasteiger partial charge in [0.15, 0.2) is 5.75 Å². The summed E-state index contributed by atoms with van der Waals surface area (Å²) in [5.74, 6) is 0.191. The van der Waals surface area contributed by atoms with Gasteiger partial charge in [-0.3, -0.25) is 9.78 Å². The Kier molecular flexibility index (Phi) is 6.55. The van der Waals surface area contributed by atoms with Crippen molar-refractivity contribution in [3.63, 3.8) is 0 Å². The van der Waals surface area contributed by atoms with Crippen molar-refractivity contribution in [3.05, 3.63) is 93.2 Å². The second-order valence-electron chi connectivity index (χ2n) is 6.42. The third-order valence-electron chi connectivity index (χ3n) is 4.46. The van der Waals surface area contributed by atoms with E-state index in [0.717, 1.165) is 16.7 Å². The second-order valence-corrected chi connectivity index (χ2v) is 7.24. The first kappa shape index (κ1) is 20.2. The van der Waals surface area contributed by atoms with E-state index in [-0.39, 0.29) is 5.91 Å². The Morgan fingerprint density at radius 2 is 1.79 bits per heavy atom. The largest absolute Gasteiger partial charge is 0.494 e. The van der Waals surface area contributed by atoms with Gasteiger partial charge in [0.05, 0.1) is 17.2 Å². The molecule has 0 radical (unpaired) electrons. The highest BCUT2D eigenvalue weighted by Crippen LogP contribution is 2.34. The molecule has 0 aliphatic rings. The monoisotopic (exact) mass is 414 g/mol. The number of hydrogen-bond acceptors (Lipinski definition) is 3. The van der Waals surface area contributed by atoms with E-state index in [4.69, 9.17) is 27.9 Å². The maximum atomic E-state index is 13.3. The molecule has 3 rings (SSSR count). The molecule has 0 N–H and O–H groups in total. The maximum absolute atomic E-state index is 13.3. The van der Waals surface area contributed by atoms with Gasteiger partial charge in [-0.15, -0.1) is 0 Å². The van der Waals surface area contributed by atoms with Gasteiger partial charge in [0.25, 0.3) is 5.91 Å². The molecule has 144 valence electrons. The summed E-state index contributed by atoms with van der Waals surface area (Å²) in [6.07, 6.45) is 3.46. The minimum absolute atomic E-state index is 0.168. The highest BCUT2D eigenvalue weighted by atomic mass is 35.5. The normalized spacial score (nSPS) is 10.6. The first-order valence-corrected chi connectivity index (χ1v) is 9.51. The summed E-state index contributed by atoms with van der Waals surface area (Å²) in [5, 5.41) is 0.603. The average Bonchev–Trinajstić information content (AvgIpc) is 2.69. The molecular formula is C22H20Cl2N2O2. The molecule has 3 aromatic rings. The van der Waals surface area contributed by atoms with Crippen LogP contribution in [0.25, 0.3) is 0 Å². The molecule has 0 saturated carbocycles. The number of pyridine rings is 1. The van der Waals surface area contributed by atoms with Crippen molar-refractivity contribution in [1.29, 1.82) is 0 Å². The smallest absolute Gasteiger partial charge is 0.254 e. The Labute approximate surface area is 174 Å². The molecule has 0 fully saturated rings. The predicted molar refractivity (Wildman–Crippen MR) is 112 cm³/mol. The number of methoxy groups -OCH3 is 1. The summed E-state index contributed by atoms with van der Waals surface area (Å²) in [6.45, 7) is 2.91. The number of benzene rings is 2. The minimum Gasteiger partial charge on any atom is -0.494 e. The van der Waals surface area contributed by atoms with Gasteiger partial charge in [-0.25, -0.2) is 0 Å². The number of ether oxygens (including phenoxy) is 1. The predicted octanol–water partition coefficient (Wildman–Crippen LogP) is 5.55. The second kappa shape index (κ2) is 9.09. The number of amides is 1. The molecule has 0 spiro atoms. The van der Waals surface area contributed by atoms with Crippen LogP contribution in [-0.2, 0) is 13.1 Å². The van der Waals surface area contributed by atoms with Crippen molar-refractivity contribution in [2.24, 2.45) is 0 Å². The van der Waals surface area contributed by atoms with Crippen molar-refractivity contribution >= 4 is 29.1 Å². The van der Waals surface area contributed by atoms with Crippen molar-refractivity contribution in [3.8, 4) is 5.75 Å². The number of nitrogens with zero attached hydrogens (tertiary/aromatic N) is 2. The number of halogens is 2. The molecule has 1 aromatic heterocycles. The van der Waals surface area contributed by atoms with Crippen LogP contribution in [0, 0.1) is 6.92 Å². The zero-order valence-corrected chi connectivity index (χ0v) is 17.2. The van der Waals surface area contributed by atoms with Gasteiger partial charge in [0.1, 0.15) is 0 Å². The quantitative estimate of drug-likeness (QED) is 0.530. The lowest BCUT2D eigenvalue weighted by Crippen LogP contribution is -2.30. The Morgan fingerprint density at radius 3 is 2.39 bits per heavy atom. The number of carbonyl (C=O) groups is 1. The SMILES string of the molecule is COc1c(Cl)cc(C(=O)N(Cc2cccnc2)Cc2ccccc2C)cc1Cl. The molecule has 1 heterocycles. The zero-order valence-electron chi connectivity index (χ0n) is 15.7. The first-order chi connectivity index (χ1) is 13.5. The van der Waals surface area contributed by atoms with E-state index in [1.807, 2.05) is 43.3 Å². The van der Waals surface area contributed by atoms with Crippen LogP contribution in [0.1, 0.15) is 27.0 Å². The fourth-order valence-corrected chi connectivity index (χ4v) is 3.61. The van der Waals surface area contributed by atoms with E-state index >= 15 is 0 Å². The lowest BCUT2D eigenvalue weighted by atomic mass is 10.1. The molecule has 0 bridgehead atoms. The van der Waals surface area contributed by atoms with E-state index in [2.05, 4.69) is 4.98 Å². The van der Waals surface area contributed by atoms with Gasteiger partial charge >= 0.3 is 0 Å². The molecule has 6 heteroatoms. The van der Waals surface area contributed by atoms with Crippen molar-refractivity contribution in [1.82, 2.24) is 9.88 Å². The van der Waals surface area contributed by atoms with E-state index in [9.17, 15) is 4.79 Å². The van der Waals surface area contributed by atoms with Crippen molar-refractivity contribution < 1.29 is 9.53 Å². The van der Waals surface area contributed by atoms with Gasteiger partial charge in [-0.2, -0.15) is 0 Å². The molecule has 0 saturated heterocycles. The number of carbonyl (C=O) groups excluding carboxylic acids is 1. The molecular weight excluding hydrogens is 395 g/mol. The lowest BCUT2D eigenvalue weighted by Gasteiger charge is -2.24. The molecule has 1 amide bonds. The fourth-order valence-electron chi connectivity index (χ4n) is 2.97. The van der Waals surface area contributed by atoms with Crippen LogP contribution in [0.15, 0.2) is 60.9 Å². The van der Waals surface area contributed by atoms with Crippen LogP contribution in [0.4, 0.5) is 0 Å². The van der Waals surface area contributed by atoms with E-state index < -0.39 is 0 Å². The Morgan fingerprint density at radius 1 is 1.07 bits per heavy atom. The fraction of sp³-hybridized carbons (Fsp3) is 0.182. The van der Waals surface area contributed by atoms with Crippen LogP contribution < -0.4 is 4.74 Å². The van der Waals surface area contributed by atoms with Crippen LogP contribution in [0.2, 0.25) is 10.0 Å². The van der Waals surface area contributed by atoms with Gasteiger partial charge in [0.2, 0.25) is 0 Å². The summed E-state index contributed by atoms with van der Waals surface area (Å²) in [5.41, 5.74) is 3.55. The molecule has 0 aliphatic heterocycles. The van der Waals surface area contributed by atoms with E-state index in [0.29, 0.717) is 34.4 Å². The third kappa shape index (κ3) is 4.64. The molecule has 2 aromatic carbocycles. The molecule has 0 aliphatic carbocycles. The van der Waals surface area contributed by atoms with Gasteiger partial charge in [-0.1, -0.05) is 53.5 Å². The van der Waals surface area contributed by atoms with Crippen LogP contribution in [0.5, 0.6) is 5.75 Å². The topological polar surface area (TPSA) is 42.4 Å². The van der Waals surface area contributed by atoms with Gasteiger partial charge in [-0.05, 0) is 41.8 Å². The first-order valence-electron chi connectivity index (χ1n) is 8.75. The molecule has 28 heavy (non-hydrogen) atoms. The summed E-state index contributed by atoms with van der Waals surface area (Å²) in [4.78, 5) is 19.2. The van der Waals surface area contributed by atoms with E-state index in [1.54, 1.807) is 29.4 Å². The summed E-state index contributed by atoms with van der Waals surface area (Å²) in [7, 11) is 1.49. The van der Waals surface area contributed by atoms with E-state index in [1.165, 1.54) is 7.11 Å². The Balaban J connectivity index is 1.95. The highest BCUT2D eigenvalue weighted by Gasteiger charge is 2.20. The van der Waals surface area contributed by atoms with Crippen LogP contribution in [-0.4, -0.2) is 22.9 Å². The number of hydrogen-bond donors (Lipinski definition) is 0. The van der Waals surface area contributed by atoms with Gasteiger partial charge in [0, 0.05) is 31.0 Å². The molecule has 0 unspecified atom stereocenters. The third-order valence-corrected chi connectivity index (χ3v) is 5.02. The molecule has 4 nitrogen and oxygen atoms in total. The Bertz CT molecular complexity index is 954. The highest BCUT2D eigenvalue weighted by molar-refractivity contribution is 6.37. The maximum Gasteiger partial charge on any atom is 0.254 e. The standard InChI is InChI=1S/C22H20Cl2N2O2/c1-15-6-3-4-8-17(15)14-26(13-16-7-5-9-25-12-16)22(27)18-10-19(23)21(28-2)20(24)11-18/h3-12H,13-14H2,1-2H3. The van der Waals surface area contributed by atoms with Crippen LogP contribution >= 0.6 is 23.2 Å². The van der Waals surface area contributed by atoms with Gasteiger partial charge < -0.3 is 9.64 Å². The number of rotatable bonds is 6.